The Bertz CT molecular complexity index is 418. The van der Waals surface area contributed by atoms with Crippen molar-refractivity contribution in [2.24, 2.45) is 5.73 Å². The van der Waals surface area contributed by atoms with Crippen LogP contribution in [-0.4, -0.2) is 66.6 Å². The maximum absolute atomic E-state index is 11.9. The first-order chi connectivity index (χ1) is 10.3. The molecule has 2 amide bonds. The number of methoxy groups -OCH3 is 1. The first kappa shape index (κ1) is 20.2. The van der Waals surface area contributed by atoms with Crippen LogP contribution in [0.5, 0.6) is 0 Å². The number of hydrogen-bond donors (Lipinski definition) is 4. The van der Waals surface area contributed by atoms with Gasteiger partial charge in [0.2, 0.25) is 11.8 Å². The van der Waals surface area contributed by atoms with Gasteiger partial charge in [0.25, 0.3) is 0 Å². The number of nitrogens with two attached hydrogens (primary N) is 1. The maximum Gasteiger partial charge on any atom is 0.325 e. The van der Waals surface area contributed by atoms with E-state index in [-0.39, 0.29) is 19.4 Å². The summed E-state index contributed by atoms with van der Waals surface area (Å²) in [5.41, 5.74) is 5.30. The Hall–Kier alpha value is -1.81. The van der Waals surface area contributed by atoms with Gasteiger partial charge < -0.3 is 26.2 Å². The van der Waals surface area contributed by atoms with Crippen LogP contribution in [0.25, 0.3) is 0 Å². The summed E-state index contributed by atoms with van der Waals surface area (Å²) >= 11 is 1.34. The van der Waals surface area contributed by atoms with Crippen molar-refractivity contribution in [3.8, 4) is 0 Å². The summed E-state index contributed by atoms with van der Waals surface area (Å²) in [4.78, 5) is 45.1. The Kier molecular flexibility index (Phi) is 9.96. The number of nitrogens with one attached hydrogen (secondary N) is 2. The zero-order valence-corrected chi connectivity index (χ0v) is 13.3. The molecule has 0 aromatic heterocycles. The van der Waals surface area contributed by atoms with Gasteiger partial charge in [-0.15, -0.1) is 0 Å². The maximum atomic E-state index is 11.9. The number of esters is 1. The van der Waals surface area contributed by atoms with Crippen LogP contribution < -0.4 is 16.4 Å². The van der Waals surface area contributed by atoms with Crippen LogP contribution in [0.4, 0.5) is 0 Å². The molecule has 0 saturated heterocycles. The molecule has 9 nitrogen and oxygen atoms in total. The van der Waals surface area contributed by atoms with E-state index in [0.29, 0.717) is 5.75 Å². The van der Waals surface area contributed by atoms with Crippen LogP contribution in [0.1, 0.15) is 12.8 Å². The number of aliphatic carboxylic acids is 1. The van der Waals surface area contributed by atoms with Crippen molar-refractivity contribution < 1.29 is 29.0 Å². The van der Waals surface area contributed by atoms with E-state index in [9.17, 15) is 19.2 Å². The lowest BCUT2D eigenvalue weighted by molar-refractivity contribution is -0.141. The minimum Gasteiger partial charge on any atom is -0.480 e. The van der Waals surface area contributed by atoms with Crippen molar-refractivity contribution in [2.75, 3.05) is 25.7 Å². The predicted molar refractivity (Wildman–Crippen MR) is 80.2 cm³/mol. The third-order valence-electron chi connectivity index (χ3n) is 2.62. The fourth-order valence-corrected chi connectivity index (χ4v) is 1.95. The van der Waals surface area contributed by atoms with Crippen LogP contribution in [-0.2, 0) is 23.9 Å². The van der Waals surface area contributed by atoms with Crippen molar-refractivity contribution in [3.63, 3.8) is 0 Å². The quantitative estimate of drug-likeness (QED) is 0.346. The standard InChI is InChI=1S/C12H21N3O6S/c1-21-10(17)5-14-11(18)8(6-22-2)15-9(16)4-3-7(13)12(19)20/h7-8H,3-6,13H2,1-2H3,(H,14,18)(H,15,16)(H,19,20)/t7-,8-/m0/s1. The molecule has 0 heterocycles. The van der Waals surface area contributed by atoms with Crippen LogP contribution in [0, 0.1) is 0 Å². The molecule has 126 valence electrons. The van der Waals surface area contributed by atoms with Gasteiger partial charge in [-0.3, -0.25) is 19.2 Å². The molecule has 0 bridgehead atoms. The van der Waals surface area contributed by atoms with Gasteiger partial charge in [-0.05, 0) is 12.7 Å². The molecule has 0 radical (unpaired) electrons. The molecule has 5 N–H and O–H groups in total. The van der Waals surface area contributed by atoms with Gasteiger partial charge in [0.1, 0.15) is 18.6 Å². The van der Waals surface area contributed by atoms with Crippen LogP contribution in [0.2, 0.25) is 0 Å². The summed E-state index contributed by atoms with van der Waals surface area (Å²) in [6.45, 7) is -0.292. The molecule has 2 atom stereocenters. The van der Waals surface area contributed by atoms with Gasteiger partial charge in [-0.2, -0.15) is 11.8 Å². The second-order valence-electron chi connectivity index (χ2n) is 4.35. The van der Waals surface area contributed by atoms with Crippen LogP contribution in [0.3, 0.4) is 0 Å². The molecule has 0 rings (SSSR count). The number of carbonyl (C=O) groups is 4. The van der Waals surface area contributed by atoms with Crippen molar-refractivity contribution in [2.45, 2.75) is 24.9 Å². The summed E-state index contributed by atoms with van der Waals surface area (Å²) in [6.07, 6.45) is 1.62. The largest absolute Gasteiger partial charge is 0.480 e. The molecule has 0 saturated carbocycles. The van der Waals surface area contributed by atoms with Gasteiger partial charge >= 0.3 is 11.9 Å². The molecular weight excluding hydrogens is 314 g/mol. The molecule has 22 heavy (non-hydrogen) atoms. The summed E-state index contributed by atoms with van der Waals surface area (Å²) in [5, 5.41) is 13.5. The molecule has 0 aliphatic heterocycles. The number of ether oxygens (including phenoxy) is 1. The van der Waals surface area contributed by atoms with E-state index in [4.69, 9.17) is 10.8 Å². The molecule has 0 aromatic carbocycles. The van der Waals surface area contributed by atoms with Crippen molar-refractivity contribution >= 4 is 35.5 Å². The van der Waals surface area contributed by atoms with E-state index in [1.165, 1.54) is 18.9 Å². The third-order valence-corrected chi connectivity index (χ3v) is 3.29. The van der Waals surface area contributed by atoms with E-state index in [1.54, 1.807) is 6.26 Å². The first-order valence-corrected chi connectivity index (χ1v) is 7.82. The number of hydrogen-bond acceptors (Lipinski definition) is 7. The first-order valence-electron chi connectivity index (χ1n) is 6.43. The highest BCUT2D eigenvalue weighted by Gasteiger charge is 2.21. The van der Waals surface area contributed by atoms with Gasteiger partial charge in [0, 0.05) is 12.2 Å². The Labute approximate surface area is 132 Å². The summed E-state index contributed by atoms with van der Waals surface area (Å²) in [6, 6.07) is -1.95. The molecular formula is C12H21N3O6S. The topological polar surface area (TPSA) is 148 Å². The second-order valence-corrected chi connectivity index (χ2v) is 5.26. The number of rotatable bonds is 10. The highest BCUT2D eigenvalue weighted by molar-refractivity contribution is 7.98. The summed E-state index contributed by atoms with van der Waals surface area (Å²) in [7, 11) is 1.20. The summed E-state index contributed by atoms with van der Waals surface area (Å²) < 4.78 is 4.39. The number of thioether (sulfide) groups is 1. The zero-order valence-electron chi connectivity index (χ0n) is 12.5. The van der Waals surface area contributed by atoms with E-state index in [0.717, 1.165) is 0 Å². The Morgan fingerprint density at radius 2 is 1.95 bits per heavy atom. The molecule has 10 heteroatoms. The molecule has 0 aliphatic rings. The second kappa shape index (κ2) is 10.9. The normalized spacial score (nSPS) is 12.9. The molecule has 0 spiro atoms. The van der Waals surface area contributed by atoms with E-state index in [2.05, 4.69) is 15.4 Å². The lowest BCUT2D eigenvalue weighted by atomic mass is 10.1. The van der Waals surface area contributed by atoms with E-state index >= 15 is 0 Å². The van der Waals surface area contributed by atoms with Gasteiger partial charge in [0.15, 0.2) is 0 Å². The van der Waals surface area contributed by atoms with E-state index < -0.39 is 35.8 Å². The van der Waals surface area contributed by atoms with Crippen molar-refractivity contribution in [1.82, 2.24) is 10.6 Å². The Balaban J connectivity index is 4.37. The molecule has 0 fully saturated rings. The SMILES string of the molecule is COC(=O)CNC(=O)[C@H](CSC)NC(=O)CC[C@H](N)C(=O)O. The highest BCUT2D eigenvalue weighted by atomic mass is 32.2. The number of amides is 2. The number of carboxylic acids is 1. The minimum absolute atomic E-state index is 0.0308. The predicted octanol–water partition coefficient (Wildman–Crippen LogP) is -1.68. The number of carbonyl (C=O) groups excluding carboxylic acids is 3. The Morgan fingerprint density at radius 1 is 1.32 bits per heavy atom. The van der Waals surface area contributed by atoms with Crippen LogP contribution >= 0.6 is 11.8 Å². The minimum atomic E-state index is -1.19. The Morgan fingerprint density at radius 3 is 2.45 bits per heavy atom. The monoisotopic (exact) mass is 335 g/mol. The lowest BCUT2D eigenvalue weighted by Gasteiger charge is -2.17. The third kappa shape index (κ3) is 8.47. The van der Waals surface area contributed by atoms with Crippen molar-refractivity contribution in [1.29, 1.82) is 0 Å². The lowest BCUT2D eigenvalue weighted by Crippen LogP contribution is -2.49. The van der Waals surface area contributed by atoms with Crippen LogP contribution in [0.15, 0.2) is 0 Å². The average molecular weight is 335 g/mol. The fraction of sp³-hybridized carbons (Fsp3) is 0.667. The fourth-order valence-electron chi connectivity index (χ4n) is 1.38. The van der Waals surface area contributed by atoms with Gasteiger partial charge in [0.05, 0.1) is 7.11 Å². The van der Waals surface area contributed by atoms with E-state index in [1.807, 2.05) is 0 Å². The average Bonchev–Trinajstić information content (AvgIpc) is 2.49. The highest BCUT2D eigenvalue weighted by Crippen LogP contribution is 2.00. The number of carboxylic acid groups (broad SMARTS) is 1. The van der Waals surface area contributed by atoms with Crippen molar-refractivity contribution in [3.05, 3.63) is 0 Å². The molecule has 0 unspecified atom stereocenters. The zero-order chi connectivity index (χ0) is 17.1. The summed E-state index contributed by atoms with van der Waals surface area (Å²) in [5.74, 6) is -2.48. The van der Waals surface area contributed by atoms with Gasteiger partial charge in [-0.25, -0.2) is 0 Å². The molecule has 0 aromatic rings. The van der Waals surface area contributed by atoms with Gasteiger partial charge in [-0.1, -0.05) is 0 Å². The molecule has 0 aliphatic carbocycles. The smallest absolute Gasteiger partial charge is 0.325 e.